The summed E-state index contributed by atoms with van der Waals surface area (Å²) >= 11 is 1.38. The minimum absolute atomic E-state index is 0.0363. The molecule has 7 nitrogen and oxygen atoms in total. The average molecular weight is 453 g/mol. The van der Waals surface area contributed by atoms with E-state index in [0.29, 0.717) is 17.5 Å². The second-order valence-electron chi connectivity index (χ2n) is 7.76. The molecule has 3 aromatic rings. The molecule has 0 saturated carbocycles. The molecule has 1 saturated heterocycles. The third-order valence-corrected chi connectivity index (χ3v) is 6.39. The topological polar surface area (TPSA) is 78.3 Å². The first-order valence-electron chi connectivity index (χ1n) is 10.9. The van der Waals surface area contributed by atoms with Crippen molar-refractivity contribution >= 4 is 17.7 Å². The van der Waals surface area contributed by atoms with Crippen LogP contribution < -0.4 is 10.1 Å². The van der Waals surface area contributed by atoms with Crippen LogP contribution in [0.5, 0.6) is 5.75 Å². The molecule has 1 fully saturated rings. The van der Waals surface area contributed by atoms with Crippen molar-refractivity contribution < 1.29 is 14.3 Å². The number of nitrogens with zero attached hydrogens (tertiary/aromatic N) is 3. The Morgan fingerprint density at radius 3 is 2.75 bits per heavy atom. The highest BCUT2D eigenvalue weighted by Crippen LogP contribution is 2.27. The van der Waals surface area contributed by atoms with Crippen molar-refractivity contribution in [2.75, 3.05) is 13.2 Å². The number of hydrogen-bond acceptors (Lipinski definition) is 6. The molecule has 0 bridgehead atoms. The molecule has 32 heavy (non-hydrogen) atoms. The first kappa shape index (κ1) is 22.4. The van der Waals surface area contributed by atoms with Gasteiger partial charge in [-0.15, -0.1) is 10.2 Å². The lowest BCUT2D eigenvalue weighted by atomic mass is 10.2. The number of para-hydroxylation sites is 2. The number of hydrogen-bond donors (Lipinski definition) is 1. The van der Waals surface area contributed by atoms with Crippen LogP contribution in [-0.4, -0.2) is 45.2 Å². The molecule has 2 aromatic carbocycles. The largest absolute Gasteiger partial charge is 0.485 e. The van der Waals surface area contributed by atoms with E-state index in [9.17, 15) is 4.79 Å². The molecule has 0 aliphatic carbocycles. The molecule has 1 aromatic heterocycles. The summed E-state index contributed by atoms with van der Waals surface area (Å²) in [5, 5.41) is 12.1. The van der Waals surface area contributed by atoms with Crippen molar-refractivity contribution in [2.24, 2.45) is 0 Å². The Bertz CT molecular complexity index is 1030. The molecule has 1 amide bonds. The van der Waals surface area contributed by atoms with Crippen molar-refractivity contribution in [3.05, 3.63) is 66.0 Å². The van der Waals surface area contributed by atoms with Crippen LogP contribution in [0.4, 0.5) is 0 Å². The number of aryl methyl sites for hydroxylation is 1. The van der Waals surface area contributed by atoms with E-state index in [0.717, 1.165) is 36.4 Å². The second kappa shape index (κ2) is 10.7. The number of rotatable bonds is 9. The predicted octanol–water partition coefficient (Wildman–Crippen LogP) is 3.93. The van der Waals surface area contributed by atoms with Gasteiger partial charge in [0.2, 0.25) is 5.91 Å². The number of ether oxygens (including phenoxy) is 2. The van der Waals surface area contributed by atoms with Crippen LogP contribution in [0.15, 0.2) is 59.8 Å². The maximum atomic E-state index is 12.6. The number of thioether (sulfide) groups is 1. The minimum atomic E-state index is -0.326. The molecule has 168 valence electrons. The SMILES string of the molecule is Cc1ccccc1OCc1nnc(S[C@H](C)C(=O)NC[C@H]2CCCO2)n1-c1ccccc1. The minimum Gasteiger partial charge on any atom is -0.485 e. The van der Waals surface area contributed by atoms with Crippen LogP contribution in [-0.2, 0) is 16.1 Å². The quantitative estimate of drug-likeness (QED) is 0.496. The third-order valence-electron chi connectivity index (χ3n) is 5.34. The molecule has 8 heteroatoms. The molecular weight excluding hydrogens is 424 g/mol. The molecule has 4 rings (SSSR count). The normalized spacial score (nSPS) is 16.6. The van der Waals surface area contributed by atoms with Gasteiger partial charge in [-0.3, -0.25) is 9.36 Å². The summed E-state index contributed by atoms with van der Waals surface area (Å²) in [6, 6.07) is 17.8. The van der Waals surface area contributed by atoms with Gasteiger partial charge in [-0.25, -0.2) is 0 Å². The predicted molar refractivity (Wildman–Crippen MR) is 124 cm³/mol. The molecule has 1 N–H and O–H groups in total. The maximum Gasteiger partial charge on any atom is 0.233 e. The Morgan fingerprint density at radius 2 is 2.00 bits per heavy atom. The van der Waals surface area contributed by atoms with Crippen molar-refractivity contribution in [2.45, 2.75) is 49.8 Å². The van der Waals surface area contributed by atoms with Gasteiger partial charge < -0.3 is 14.8 Å². The first-order chi connectivity index (χ1) is 15.6. The highest BCUT2D eigenvalue weighted by atomic mass is 32.2. The van der Waals surface area contributed by atoms with E-state index in [1.165, 1.54) is 11.8 Å². The van der Waals surface area contributed by atoms with Gasteiger partial charge in [0.15, 0.2) is 11.0 Å². The number of carbonyl (C=O) groups excluding carboxylic acids is 1. The Balaban J connectivity index is 1.48. The maximum absolute atomic E-state index is 12.6. The molecular formula is C24H28N4O3S. The van der Waals surface area contributed by atoms with Crippen molar-refractivity contribution in [3.8, 4) is 11.4 Å². The van der Waals surface area contributed by atoms with Crippen molar-refractivity contribution in [1.29, 1.82) is 0 Å². The van der Waals surface area contributed by atoms with Gasteiger partial charge in [-0.1, -0.05) is 48.2 Å². The fraction of sp³-hybridized carbons (Fsp3) is 0.375. The van der Waals surface area contributed by atoms with E-state index in [-0.39, 0.29) is 23.9 Å². The van der Waals surface area contributed by atoms with Crippen LogP contribution >= 0.6 is 11.8 Å². The van der Waals surface area contributed by atoms with Crippen LogP contribution in [0.3, 0.4) is 0 Å². The lowest BCUT2D eigenvalue weighted by molar-refractivity contribution is -0.120. The molecule has 2 heterocycles. The number of carbonyl (C=O) groups is 1. The van der Waals surface area contributed by atoms with Crippen LogP contribution in [0.25, 0.3) is 5.69 Å². The summed E-state index contributed by atoms with van der Waals surface area (Å²) in [7, 11) is 0. The Labute approximate surface area is 192 Å². The molecule has 1 aliphatic heterocycles. The van der Waals surface area contributed by atoms with Gasteiger partial charge >= 0.3 is 0 Å². The lowest BCUT2D eigenvalue weighted by Gasteiger charge is -2.16. The van der Waals surface area contributed by atoms with E-state index < -0.39 is 0 Å². The smallest absolute Gasteiger partial charge is 0.233 e. The van der Waals surface area contributed by atoms with Gasteiger partial charge in [0, 0.05) is 18.8 Å². The summed E-state index contributed by atoms with van der Waals surface area (Å²) in [6.45, 7) is 5.48. The monoisotopic (exact) mass is 452 g/mol. The summed E-state index contributed by atoms with van der Waals surface area (Å²) in [6.07, 6.45) is 2.17. The molecule has 0 spiro atoms. The summed E-state index contributed by atoms with van der Waals surface area (Å²) < 4.78 is 13.6. The third kappa shape index (κ3) is 5.49. The average Bonchev–Trinajstić information content (AvgIpc) is 3.47. The number of nitrogens with one attached hydrogen (secondary N) is 1. The molecule has 0 unspecified atom stereocenters. The zero-order valence-corrected chi connectivity index (χ0v) is 19.2. The number of amides is 1. The second-order valence-corrected chi connectivity index (χ2v) is 9.07. The van der Waals surface area contributed by atoms with Crippen LogP contribution in [0.2, 0.25) is 0 Å². The summed E-state index contributed by atoms with van der Waals surface area (Å²) in [5.41, 5.74) is 1.99. The van der Waals surface area contributed by atoms with Crippen LogP contribution in [0.1, 0.15) is 31.2 Å². The van der Waals surface area contributed by atoms with E-state index in [2.05, 4.69) is 15.5 Å². The van der Waals surface area contributed by atoms with E-state index in [1.54, 1.807) is 0 Å². The number of aromatic nitrogens is 3. The molecule has 2 atom stereocenters. The van der Waals surface area contributed by atoms with Gasteiger partial charge in [-0.05, 0) is 50.5 Å². The van der Waals surface area contributed by atoms with E-state index in [4.69, 9.17) is 9.47 Å². The van der Waals surface area contributed by atoms with Crippen molar-refractivity contribution in [1.82, 2.24) is 20.1 Å². The Hall–Kier alpha value is -2.84. The Kier molecular flexibility index (Phi) is 7.44. The van der Waals surface area contributed by atoms with E-state index >= 15 is 0 Å². The highest BCUT2D eigenvalue weighted by Gasteiger charge is 2.23. The number of benzene rings is 2. The summed E-state index contributed by atoms with van der Waals surface area (Å²) in [5.74, 6) is 1.45. The molecule has 0 radical (unpaired) electrons. The Morgan fingerprint density at radius 1 is 1.22 bits per heavy atom. The standard InChI is InChI=1S/C24H28N4O3S/c1-17-9-6-7-13-21(17)31-16-22-26-27-24(28(22)19-10-4-3-5-11-19)32-18(2)23(29)25-15-20-12-8-14-30-20/h3-7,9-11,13,18,20H,8,12,14-16H2,1-2H3,(H,25,29)/t18-,20-/m1/s1. The zero-order chi connectivity index (χ0) is 22.3. The fourth-order valence-corrected chi connectivity index (χ4v) is 4.45. The summed E-state index contributed by atoms with van der Waals surface area (Å²) in [4.78, 5) is 12.6. The van der Waals surface area contributed by atoms with Gasteiger partial charge in [0.05, 0.1) is 11.4 Å². The lowest BCUT2D eigenvalue weighted by Crippen LogP contribution is -2.36. The van der Waals surface area contributed by atoms with Crippen LogP contribution in [0, 0.1) is 6.92 Å². The van der Waals surface area contributed by atoms with Gasteiger partial charge in [0.1, 0.15) is 12.4 Å². The van der Waals surface area contributed by atoms with Gasteiger partial charge in [0.25, 0.3) is 0 Å². The van der Waals surface area contributed by atoms with Gasteiger partial charge in [-0.2, -0.15) is 0 Å². The highest BCUT2D eigenvalue weighted by molar-refractivity contribution is 8.00. The van der Waals surface area contributed by atoms with Crippen molar-refractivity contribution in [3.63, 3.8) is 0 Å². The molecule has 1 aliphatic rings. The van der Waals surface area contributed by atoms with E-state index in [1.807, 2.05) is 73.0 Å². The first-order valence-corrected chi connectivity index (χ1v) is 11.7. The fourth-order valence-electron chi connectivity index (χ4n) is 3.54. The zero-order valence-electron chi connectivity index (χ0n) is 18.4.